The van der Waals surface area contributed by atoms with Crippen LogP contribution in [0.15, 0.2) is 96.1 Å². The van der Waals surface area contributed by atoms with E-state index in [0.29, 0.717) is 18.5 Å². The van der Waals surface area contributed by atoms with Crippen molar-refractivity contribution in [2.45, 2.75) is 43.7 Å². The Labute approximate surface area is 227 Å². The fourth-order valence-electron chi connectivity index (χ4n) is 4.56. The van der Waals surface area contributed by atoms with Crippen LogP contribution >= 0.6 is 0 Å². The largest absolute Gasteiger partial charge is 0.481 e. The summed E-state index contributed by atoms with van der Waals surface area (Å²) in [5.41, 5.74) is 1.45. The highest BCUT2D eigenvalue weighted by Crippen LogP contribution is 2.28. The van der Waals surface area contributed by atoms with Gasteiger partial charge in [0, 0.05) is 25.4 Å². The number of carboxylic acids is 1. The summed E-state index contributed by atoms with van der Waals surface area (Å²) in [5, 5.41) is 15.5. The third kappa shape index (κ3) is 7.70. The Morgan fingerprint density at radius 2 is 1.64 bits per heavy atom. The summed E-state index contributed by atoms with van der Waals surface area (Å²) in [7, 11) is 0. The number of nitrogens with zero attached hydrogens (tertiary/aromatic N) is 2. The summed E-state index contributed by atoms with van der Waals surface area (Å²) in [5.74, 6) is -0.813. The van der Waals surface area contributed by atoms with E-state index in [0.717, 1.165) is 23.4 Å². The number of ketones is 1. The smallest absolute Gasteiger partial charge is 0.305 e. The maximum absolute atomic E-state index is 13.2. The molecule has 1 aliphatic heterocycles. The van der Waals surface area contributed by atoms with E-state index >= 15 is 0 Å². The number of allylic oxidation sites excluding steroid dienone is 1. The molecule has 3 N–H and O–H groups in total. The van der Waals surface area contributed by atoms with E-state index in [1.54, 1.807) is 18.3 Å². The Hall–Kier alpha value is -4.59. The van der Waals surface area contributed by atoms with E-state index in [-0.39, 0.29) is 25.0 Å². The Balaban J connectivity index is 1.35. The zero-order valence-electron chi connectivity index (χ0n) is 21.6. The number of nitrogens with one attached hydrogen (secondary N) is 2. The van der Waals surface area contributed by atoms with E-state index in [1.165, 1.54) is 6.21 Å². The van der Waals surface area contributed by atoms with Crippen molar-refractivity contribution >= 4 is 29.7 Å². The molecule has 2 heterocycles. The monoisotopic (exact) mass is 524 g/mol. The standard InChI is InChI=1S/C31H32N4O4/c36-27(11-4-6-18-32-28-12-5-7-19-33-28)31(17-8-20-34-31)22-29(37)35-26(21-30(38)39)25-15-13-24(14-16-25)23-9-2-1-3-10-23/h1-3,5,7-10,12-17,19-20,26H,4,6,11,18,21-22H2,(H,32,33)(H,35,37)(H,38,39). The van der Waals surface area contributed by atoms with Crippen LogP contribution in [0.5, 0.6) is 0 Å². The third-order valence-electron chi connectivity index (χ3n) is 6.61. The SMILES string of the molecule is O=C(O)CC(NC(=O)CC1(C(=O)CCCCNc2ccccn2)C=CC=N1)c1ccc(-c2ccccc2)cc1. The zero-order chi connectivity index (χ0) is 27.5. The van der Waals surface area contributed by atoms with Gasteiger partial charge in [0.25, 0.3) is 0 Å². The van der Waals surface area contributed by atoms with Crippen LogP contribution in [0.4, 0.5) is 5.82 Å². The summed E-state index contributed by atoms with van der Waals surface area (Å²) in [6, 6.07) is 22.2. The molecule has 2 atom stereocenters. The van der Waals surface area contributed by atoms with Crippen LogP contribution in [0.3, 0.4) is 0 Å². The molecule has 2 aromatic carbocycles. The van der Waals surface area contributed by atoms with Gasteiger partial charge in [-0.25, -0.2) is 4.98 Å². The summed E-state index contributed by atoms with van der Waals surface area (Å²) in [4.78, 5) is 46.4. The van der Waals surface area contributed by atoms with Crippen LogP contribution in [0.25, 0.3) is 11.1 Å². The normalized spacial score (nSPS) is 16.5. The second-order valence-corrected chi connectivity index (χ2v) is 9.47. The lowest BCUT2D eigenvalue weighted by Gasteiger charge is -2.24. The van der Waals surface area contributed by atoms with E-state index < -0.39 is 23.5 Å². The number of anilines is 1. The maximum Gasteiger partial charge on any atom is 0.305 e. The average Bonchev–Trinajstić information content (AvgIpc) is 3.43. The number of benzene rings is 2. The van der Waals surface area contributed by atoms with Crippen LogP contribution in [0.1, 0.15) is 43.7 Å². The summed E-state index contributed by atoms with van der Waals surface area (Å²) >= 11 is 0. The number of carbonyl (C=O) groups excluding carboxylic acids is 2. The molecule has 4 rings (SSSR count). The molecule has 8 nitrogen and oxygen atoms in total. The number of amides is 1. The summed E-state index contributed by atoms with van der Waals surface area (Å²) in [6.45, 7) is 0.677. The molecule has 1 aliphatic rings. The molecule has 1 amide bonds. The number of aromatic nitrogens is 1. The zero-order valence-corrected chi connectivity index (χ0v) is 21.6. The van der Waals surface area contributed by atoms with Gasteiger partial charge in [-0.1, -0.05) is 60.7 Å². The van der Waals surface area contributed by atoms with Crippen molar-refractivity contribution in [2.24, 2.45) is 4.99 Å². The van der Waals surface area contributed by atoms with Crippen molar-refractivity contribution in [1.82, 2.24) is 10.3 Å². The van der Waals surface area contributed by atoms with Crippen molar-refractivity contribution in [1.29, 1.82) is 0 Å². The minimum Gasteiger partial charge on any atom is -0.481 e. The topological polar surface area (TPSA) is 121 Å². The van der Waals surface area contributed by atoms with Crippen LogP contribution in [-0.4, -0.2) is 46.0 Å². The number of hydrogen-bond acceptors (Lipinski definition) is 6. The molecular weight excluding hydrogens is 492 g/mol. The van der Waals surface area contributed by atoms with Crippen molar-refractivity contribution < 1.29 is 19.5 Å². The Bertz CT molecular complexity index is 1310. The Morgan fingerprint density at radius 1 is 0.897 bits per heavy atom. The highest BCUT2D eigenvalue weighted by molar-refractivity contribution is 5.99. The number of Topliss-reactive ketones (excluding diaryl/α,β-unsaturated/α-hetero) is 1. The molecule has 0 saturated heterocycles. The summed E-state index contributed by atoms with van der Waals surface area (Å²) in [6.07, 6.45) is 7.79. The van der Waals surface area contributed by atoms with Crippen molar-refractivity contribution in [3.05, 3.63) is 96.7 Å². The number of carbonyl (C=O) groups is 3. The second-order valence-electron chi connectivity index (χ2n) is 9.47. The lowest BCUT2D eigenvalue weighted by molar-refractivity contribution is -0.138. The first kappa shape index (κ1) is 27.4. The van der Waals surface area contributed by atoms with E-state index in [2.05, 4.69) is 20.6 Å². The molecule has 1 aromatic heterocycles. The summed E-state index contributed by atoms with van der Waals surface area (Å²) < 4.78 is 0. The molecular formula is C31H32N4O4. The maximum atomic E-state index is 13.2. The average molecular weight is 525 g/mol. The molecule has 0 bridgehead atoms. The van der Waals surface area contributed by atoms with E-state index in [9.17, 15) is 19.5 Å². The molecule has 0 fully saturated rings. The molecule has 0 spiro atoms. The quantitative estimate of drug-likeness (QED) is 0.255. The van der Waals surface area contributed by atoms with Gasteiger partial charge >= 0.3 is 5.97 Å². The molecule has 2 unspecified atom stereocenters. The number of unbranched alkanes of at least 4 members (excludes halogenated alkanes) is 1. The first-order valence-electron chi connectivity index (χ1n) is 13.0. The first-order valence-corrected chi connectivity index (χ1v) is 13.0. The highest BCUT2D eigenvalue weighted by atomic mass is 16.4. The van der Waals surface area contributed by atoms with Crippen molar-refractivity contribution in [3.8, 4) is 11.1 Å². The van der Waals surface area contributed by atoms with Crippen molar-refractivity contribution in [2.75, 3.05) is 11.9 Å². The Morgan fingerprint density at radius 3 is 2.31 bits per heavy atom. The fourth-order valence-corrected chi connectivity index (χ4v) is 4.56. The Kier molecular flexibility index (Phi) is 9.34. The van der Waals surface area contributed by atoms with Crippen LogP contribution < -0.4 is 10.6 Å². The fraction of sp³-hybridized carbons (Fsp3) is 0.258. The van der Waals surface area contributed by atoms with E-state index in [4.69, 9.17) is 0 Å². The van der Waals surface area contributed by atoms with Gasteiger partial charge in [0.1, 0.15) is 11.4 Å². The number of pyridine rings is 1. The van der Waals surface area contributed by atoms with Gasteiger partial charge in [-0.05, 0) is 53.8 Å². The van der Waals surface area contributed by atoms with Crippen molar-refractivity contribution in [3.63, 3.8) is 0 Å². The van der Waals surface area contributed by atoms with Crippen LogP contribution in [0.2, 0.25) is 0 Å². The molecule has 0 radical (unpaired) electrons. The molecule has 0 saturated carbocycles. The van der Waals surface area contributed by atoms with E-state index in [1.807, 2.05) is 72.8 Å². The number of aliphatic imine (C=N–C) groups is 1. The predicted octanol–water partition coefficient (Wildman–Crippen LogP) is 5.00. The highest BCUT2D eigenvalue weighted by Gasteiger charge is 2.38. The van der Waals surface area contributed by atoms with Gasteiger partial charge in [0.15, 0.2) is 5.78 Å². The number of rotatable bonds is 14. The first-order chi connectivity index (χ1) is 18.9. The minimum absolute atomic E-state index is 0.137. The van der Waals surface area contributed by atoms with Gasteiger partial charge < -0.3 is 15.7 Å². The molecule has 0 aliphatic carbocycles. The number of carboxylic acid groups (broad SMARTS) is 1. The molecule has 200 valence electrons. The van der Waals surface area contributed by atoms with Gasteiger partial charge in [0.05, 0.1) is 18.9 Å². The van der Waals surface area contributed by atoms with Gasteiger partial charge in [-0.2, -0.15) is 0 Å². The second kappa shape index (κ2) is 13.3. The number of hydrogen-bond donors (Lipinski definition) is 3. The lowest BCUT2D eigenvalue weighted by Crippen LogP contribution is -2.41. The minimum atomic E-state index is -1.26. The predicted molar refractivity (Wildman–Crippen MR) is 152 cm³/mol. The third-order valence-corrected chi connectivity index (χ3v) is 6.61. The molecule has 8 heteroatoms. The van der Waals surface area contributed by atoms with Gasteiger partial charge in [-0.15, -0.1) is 0 Å². The lowest BCUT2D eigenvalue weighted by atomic mass is 9.87. The van der Waals surface area contributed by atoms with Crippen LogP contribution in [-0.2, 0) is 14.4 Å². The number of aliphatic carboxylic acids is 1. The van der Waals surface area contributed by atoms with Crippen LogP contribution in [0, 0.1) is 0 Å². The molecule has 3 aromatic rings. The molecule has 39 heavy (non-hydrogen) atoms. The van der Waals surface area contributed by atoms with Gasteiger partial charge in [-0.3, -0.25) is 19.4 Å². The van der Waals surface area contributed by atoms with Gasteiger partial charge in [0.2, 0.25) is 5.91 Å².